The molecule has 3 rings (SSSR count). The third-order valence-electron chi connectivity index (χ3n) is 3.45. The average Bonchev–Trinajstić information content (AvgIpc) is 3.23. The Morgan fingerprint density at radius 1 is 1.43 bits per heavy atom. The lowest BCUT2D eigenvalue weighted by Crippen LogP contribution is -2.06. The zero-order chi connectivity index (χ0) is 15.0. The summed E-state index contributed by atoms with van der Waals surface area (Å²) in [4.78, 5) is 22.2. The molecule has 21 heavy (non-hydrogen) atoms. The molecule has 1 aromatic carbocycles. The number of benzene rings is 1. The van der Waals surface area contributed by atoms with Crippen molar-refractivity contribution in [2.75, 3.05) is 7.11 Å². The van der Waals surface area contributed by atoms with Crippen LogP contribution in [0.5, 0.6) is 0 Å². The van der Waals surface area contributed by atoms with Crippen LogP contribution in [-0.2, 0) is 4.74 Å². The van der Waals surface area contributed by atoms with Crippen LogP contribution in [0.1, 0.15) is 34.8 Å². The molecule has 7 heteroatoms. The van der Waals surface area contributed by atoms with Gasteiger partial charge in [-0.2, -0.15) is 5.10 Å². The van der Waals surface area contributed by atoms with Gasteiger partial charge in [0.2, 0.25) is 0 Å². The predicted molar refractivity (Wildman–Crippen MR) is 73.5 cm³/mol. The summed E-state index contributed by atoms with van der Waals surface area (Å²) in [6, 6.07) is 5.94. The minimum Gasteiger partial charge on any atom is -0.465 e. The van der Waals surface area contributed by atoms with E-state index in [2.05, 4.69) is 9.84 Å². The fraction of sp³-hybridized carbons (Fsp3) is 0.286. The average molecular weight is 287 g/mol. The Morgan fingerprint density at radius 3 is 2.81 bits per heavy atom. The van der Waals surface area contributed by atoms with Gasteiger partial charge >= 0.3 is 5.97 Å². The SMILES string of the molecule is COC(=O)c1ccc([N+](=O)[O-])c(-n2ccc(C3CC3)n2)c1. The molecule has 1 aromatic heterocycles. The Labute approximate surface area is 120 Å². The highest BCUT2D eigenvalue weighted by molar-refractivity contribution is 5.90. The highest BCUT2D eigenvalue weighted by atomic mass is 16.6. The van der Waals surface area contributed by atoms with Gasteiger partial charge in [-0.25, -0.2) is 9.48 Å². The highest BCUT2D eigenvalue weighted by Crippen LogP contribution is 2.39. The third-order valence-corrected chi connectivity index (χ3v) is 3.45. The number of nitro groups is 1. The molecule has 0 radical (unpaired) electrons. The fourth-order valence-corrected chi connectivity index (χ4v) is 2.18. The molecule has 7 nitrogen and oxygen atoms in total. The number of aromatic nitrogens is 2. The van der Waals surface area contributed by atoms with Gasteiger partial charge in [0.25, 0.3) is 5.69 Å². The van der Waals surface area contributed by atoms with Gasteiger partial charge in [0, 0.05) is 18.2 Å². The molecule has 2 aromatic rings. The normalized spacial score (nSPS) is 14.0. The molecule has 0 aliphatic heterocycles. The van der Waals surface area contributed by atoms with Crippen molar-refractivity contribution >= 4 is 11.7 Å². The van der Waals surface area contributed by atoms with E-state index in [1.54, 1.807) is 6.20 Å². The van der Waals surface area contributed by atoms with E-state index in [1.165, 1.54) is 30.0 Å². The van der Waals surface area contributed by atoms with Crippen LogP contribution in [0.25, 0.3) is 5.69 Å². The Hall–Kier alpha value is -2.70. The topological polar surface area (TPSA) is 87.3 Å². The number of hydrogen-bond donors (Lipinski definition) is 0. The summed E-state index contributed by atoms with van der Waals surface area (Å²) in [5.74, 6) is -0.0881. The number of esters is 1. The van der Waals surface area contributed by atoms with Gasteiger partial charge in [-0.1, -0.05) is 0 Å². The summed E-state index contributed by atoms with van der Waals surface area (Å²) in [5.41, 5.74) is 1.33. The van der Waals surface area contributed by atoms with Crippen molar-refractivity contribution in [2.24, 2.45) is 0 Å². The molecule has 1 aliphatic carbocycles. The van der Waals surface area contributed by atoms with Gasteiger partial charge in [-0.05, 0) is 31.0 Å². The molecule has 1 heterocycles. The second-order valence-electron chi connectivity index (χ2n) is 4.91. The summed E-state index contributed by atoms with van der Waals surface area (Å²) >= 11 is 0. The fourth-order valence-electron chi connectivity index (χ4n) is 2.18. The van der Waals surface area contributed by atoms with Crippen molar-refractivity contribution in [2.45, 2.75) is 18.8 Å². The molecule has 0 spiro atoms. The Balaban J connectivity index is 2.07. The van der Waals surface area contributed by atoms with Crippen LogP contribution in [0.2, 0.25) is 0 Å². The molecule has 1 fully saturated rings. The van der Waals surface area contributed by atoms with Crippen molar-refractivity contribution in [3.63, 3.8) is 0 Å². The van der Waals surface area contributed by atoms with Crippen molar-refractivity contribution < 1.29 is 14.5 Å². The van der Waals surface area contributed by atoms with Crippen molar-refractivity contribution in [3.8, 4) is 5.69 Å². The molecule has 0 unspecified atom stereocenters. The molecule has 0 bridgehead atoms. The number of rotatable bonds is 4. The maximum absolute atomic E-state index is 11.6. The Kier molecular flexibility index (Phi) is 3.17. The number of carbonyl (C=O) groups is 1. The van der Waals surface area contributed by atoms with Crippen LogP contribution < -0.4 is 0 Å². The smallest absolute Gasteiger partial charge is 0.337 e. The van der Waals surface area contributed by atoms with Crippen LogP contribution in [-0.4, -0.2) is 27.8 Å². The molecule has 1 saturated carbocycles. The Bertz CT molecular complexity index is 719. The zero-order valence-electron chi connectivity index (χ0n) is 11.4. The first-order chi connectivity index (χ1) is 10.1. The number of methoxy groups -OCH3 is 1. The first-order valence-corrected chi connectivity index (χ1v) is 6.53. The summed E-state index contributed by atoms with van der Waals surface area (Å²) < 4.78 is 6.09. The largest absolute Gasteiger partial charge is 0.465 e. The Morgan fingerprint density at radius 2 is 2.19 bits per heavy atom. The lowest BCUT2D eigenvalue weighted by atomic mass is 10.1. The van der Waals surface area contributed by atoms with Crippen LogP contribution in [0, 0.1) is 10.1 Å². The number of hydrogen-bond acceptors (Lipinski definition) is 5. The first kappa shape index (κ1) is 13.3. The molecule has 0 N–H and O–H groups in total. The van der Waals surface area contributed by atoms with Gasteiger partial charge in [0.05, 0.1) is 23.3 Å². The van der Waals surface area contributed by atoms with E-state index in [0.717, 1.165) is 18.5 Å². The van der Waals surface area contributed by atoms with E-state index >= 15 is 0 Å². The second-order valence-corrected chi connectivity index (χ2v) is 4.91. The molecule has 0 saturated heterocycles. The summed E-state index contributed by atoms with van der Waals surface area (Å²) in [7, 11) is 1.27. The van der Waals surface area contributed by atoms with Crippen molar-refractivity contribution in [1.29, 1.82) is 0 Å². The van der Waals surface area contributed by atoms with E-state index in [4.69, 9.17) is 0 Å². The highest BCUT2D eigenvalue weighted by Gasteiger charge is 2.27. The quantitative estimate of drug-likeness (QED) is 0.489. The molecule has 0 atom stereocenters. The lowest BCUT2D eigenvalue weighted by molar-refractivity contribution is -0.384. The minimum atomic E-state index is -0.541. The van der Waals surface area contributed by atoms with E-state index in [1.807, 2.05) is 6.07 Å². The van der Waals surface area contributed by atoms with Gasteiger partial charge in [-0.3, -0.25) is 10.1 Å². The van der Waals surface area contributed by atoms with E-state index in [9.17, 15) is 14.9 Å². The van der Waals surface area contributed by atoms with E-state index in [-0.39, 0.29) is 16.9 Å². The number of nitrogens with zero attached hydrogens (tertiary/aromatic N) is 3. The molecule has 0 amide bonds. The summed E-state index contributed by atoms with van der Waals surface area (Å²) in [5, 5.41) is 15.5. The maximum Gasteiger partial charge on any atom is 0.337 e. The van der Waals surface area contributed by atoms with Gasteiger partial charge in [0.1, 0.15) is 5.69 Å². The minimum absolute atomic E-state index is 0.104. The summed E-state index contributed by atoms with van der Waals surface area (Å²) in [6.07, 6.45) is 3.87. The van der Waals surface area contributed by atoms with Crippen LogP contribution in [0.15, 0.2) is 30.5 Å². The monoisotopic (exact) mass is 287 g/mol. The molecule has 108 valence electrons. The van der Waals surface area contributed by atoms with Crippen LogP contribution in [0.3, 0.4) is 0 Å². The first-order valence-electron chi connectivity index (χ1n) is 6.53. The molecular formula is C14H13N3O4. The number of nitro benzene ring substituents is 1. The number of ether oxygens (including phenoxy) is 1. The van der Waals surface area contributed by atoms with Crippen LogP contribution >= 0.6 is 0 Å². The number of carbonyl (C=O) groups excluding carboxylic acids is 1. The van der Waals surface area contributed by atoms with Gasteiger partial charge in [-0.15, -0.1) is 0 Å². The van der Waals surface area contributed by atoms with Gasteiger partial charge in [0.15, 0.2) is 0 Å². The predicted octanol–water partition coefficient (Wildman–Crippen LogP) is 2.44. The zero-order valence-corrected chi connectivity index (χ0v) is 11.4. The maximum atomic E-state index is 11.6. The summed E-state index contributed by atoms with van der Waals surface area (Å²) in [6.45, 7) is 0. The molecular weight excluding hydrogens is 274 g/mol. The van der Waals surface area contributed by atoms with E-state index < -0.39 is 10.9 Å². The van der Waals surface area contributed by atoms with Crippen molar-refractivity contribution in [1.82, 2.24) is 9.78 Å². The second kappa shape index (κ2) is 5.01. The van der Waals surface area contributed by atoms with E-state index in [0.29, 0.717) is 5.92 Å². The van der Waals surface area contributed by atoms with Gasteiger partial charge < -0.3 is 4.74 Å². The van der Waals surface area contributed by atoms with Crippen LogP contribution in [0.4, 0.5) is 5.69 Å². The lowest BCUT2D eigenvalue weighted by Gasteiger charge is -2.05. The van der Waals surface area contributed by atoms with Crippen molar-refractivity contribution in [3.05, 3.63) is 51.8 Å². The standard InChI is InChI=1S/C14H13N3O4/c1-21-14(18)10-4-5-12(17(19)20)13(8-10)16-7-6-11(15-16)9-2-3-9/h4-9H,2-3H2,1H3. The third kappa shape index (κ3) is 2.49. The molecule has 1 aliphatic rings.